The van der Waals surface area contributed by atoms with Crippen LogP contribution in [0.2, 0.25) is 0 Å². The Morgan fingerprint density at radius 2 is 2.12 bits per heavy atom. The molecular formula is C13H22N2O. The van der Waals surface area contributed by atoms with Crippen molar-refractivity contribution in [1.29, 1.82) is 0 Å². The normalized spacial score (nSPS) is 15.1. The summed E-state index contributed by atoms with van der Waals surface area (Å²) in [7, 11) is 0. The van der Waals surface area contributed by atoms with Gasteiger partial charge < -0.3 is 10.4 Å². The Kier molecular flexibility index (Phi) is 5.43. The van der Waals surface area contributed by atoms with Crippen molar-refractivity contribution >= 4 is 0 Å². The molecule has 0 amide bonds. The highest BCUT2D eigenvalue weighted by atomic mass is 16.3. The van der Waals surface area contributed by atoms with Crippen molar-refractivity contribution in [2.75, 3.05) is 6.61 Å². The number of aliphatic hydroxyl groups excluding tert-OH is 1. The van der Waals surface area contributed by atoms with E-state index >= 15 is 0 Å². The Balaban J connectivity index is 2.68. The largest absolute Gasteiger partial charge is 0.395 e. The van der Waals surface area contributed by atoms with E-state index in [1.807, 2.05) is 24.4 Å². The van der Waals surface area contributed by atoms with E-state index in [1.165, 1.54) is 0 Å². The van der Waals surface area contributed by atoms with Gasteiger partial charge in [-0.2, -0.15) is 0 Å². The number of hydrogen-bond donors (Lipinski definition) is 2. The second-order valence-electron chi connectivity index (χ2n) is 4.42. The molecule has 90 valence electrons. The van der Waals surface area contributed by atoms with Gasteiger partial charge >= 0.3 is 0 Å². The average molecular weight is 222 g/mol. The minimum absolute atomic E-state index is 0.131. The van der Waals surface area contributed by atoms with Crippen molar-refractivity contribution in [3.05, 3.63) is 30.1 Å². The predicted octanol–water partition coefficient (Wildman–Crippen LogP) is 2.14. The van der Waals surface area contributed by atoms with Crippen molar-refractivity contribution in [1.82, 2.24) is 10.3 Å². The maximum atomic E-state index is 9.30. The third kappa shape index (κ3) is 3.58. The lowest BCUT2D eigenvalue weighted by Gasteiger charge is -2.26. The number of nitrogens with zero attached hydrogens (tertiary/aromatic N) is 1. The molecule has 0 bridgehead atoms. The third-order valence-corrected chi connectivity index (χ3v) is 2.87. The molecule has 0 aliphatic rings. The van der Waals surface area contributed by atoms with Crippen LogP contribution in [0.3, 0.4) is 0 Å². The van der Waals surface area contributed by atoms with Crippen LogP contribution in [0.5, 0.6) is 0 Å². The summed E-state index contributed by atoms with van der Waals surface area (Å²) < 4.78 is 0. The van der Waals surface area contributed by atoms with Gasteiger partial charge in [0.2, 0.25) is 0 Å². The number of aromatic nitrogens is 1. The fourth-order valence-corrected chi connectivity index (χ4v) is 1.71. The zero-order valence-corrected chi connectivity index (χ0v) is 10.4. The first-order chi connectivity index (χ1) is 7.69. The highest BCUT2D eigenvalue weighted by molar-refractivity contribution is 5.08. The SMILES string of the molecule is CC[C@@H](NC(CO)C(C)C)c1ccccn1. The van der Waals surface area contributed by atoms with Gasteiger partial charge in [-0.3, -0.25) is 4.98 Å². The van der Waals surface area contributed by atoms with E-state index in [0.29, 0.717) is 5.92 Å². The molecule has 0 aromatic carbocycles. The summed E-state index contributed by atoms with van der Waals surface area (Å²) in [5, 5.41) is 12.8. The number of rotatable bonds is 6. The monoisotopic (exact) mass is 222 g/mol. The Labute approximate surface area is 97.9 Å². The smallest absolute Gasteiger partial charge is 0.0587 e. The number of nitrogens with one attached hydrogen (secondary N) is 1. The zero-order valence-electron chi connectivity index (χ0n) is 10.4. The molecule has 1 aromatic heterocycles. The van der Waals surface area contributed by atoms with Crippen LogP contribution in [-0.2, 0) is 0 Å². The van der Waals surface area contributed by atoms with Crippen LogP contribution in [0.1, 0.15) is 38.9 Å². The molecule has 2 N–H and O–H groups in total. The molecule has 0 saturated carbocycles. The highest BCUT2D eigenvalue weighted by Gasteiger charge is 2.18. The molecule has 3 nitrogen and oxygen atoms in total. The second-order valence-corrected chi connectivity index (χ2v) is 4.42. The van der Waals surface area contributed by atoms with Crippen molar-refractivity contribution in [2.24, 2.45) is 5.92 Å². The minimum Gasteiger partial charge on any atom is -0.395 e. The molecule has 0 saturated heterocycles. The summed E-state index contributed by atoms with van der Waals surface area (Å²) in [6, 6.07) is 6.29. The molecule has 16 heavy (non-hydrogen) atoms. The molecule has 0 aliphatic carbocycles. The zero-order chi connectivity index (χ0) is 12.0. The van der Waals surface area contributed by atoms with E-state index in [-0.39, 0.29) is 18.7 Å². The van der Waals surface area contributed by atoms with E-state index in [9.17, 15) is 5.11 Å². The maximum absolute atomic E-state index is 9.30. The Morgan fingerprint density at radius 3 is 2.56 bits per heavy atom. The van der Waals surface area contributed by atoms with Crippen LogP contribution in [0.25, 0.3) is 0 Å². The van der Waals surface area contributed by atoms with Crippen LogP contribution >= 0.6 is 0 Å². The Bertz CT molecular complexity index is 287. The standard InChI is InChI=1S/C13H22N2O/c1-4-11(12-7-5-6-8-14-12)15-13(9-16)10(2)3/h5-8,10-11,13,15-16H,4,9H2,1-3H3/t11-,13?/m1/s1. The molecule has 0 radical (unpaired) electrons. The minimum atomic E-state index is 0.131. The van der Waals surface area contributed by atoms with Gasteiger partial charge in [0.1, 0.15) is 0 Å². The van der Waals surface area contributed by atoms with Crippen LogP contribution in [-0.4, -0.2) is 22.7 Å². The predicted molar refractivity (Wildman–Crippen MR) is 66.1 cm³/mol. The van der Waals surface area contributed by atoms with Gasteiger partial charge in [-0.05, 0) is 24.5 Å². The first-order valence-electron chi connectivity index (χ1n) is 5.96. The molecule has 1 unspecified atom stereocenters. The molecule has 1 heterocycles. The third-order valence-electron chi connectivity index (χ3n) is 2.87. The topological polar surface area (TPSA) is 45.1 Å². The number of hydrogen-bond acceptors (Lipinski definition) is 3. The molecule has 1 aromatic rings. The van der Waals surface area contributed by atoms with E-state index in [0.717, 1.165) is 12.1 Å². The van der Waals surface area contributed by atoms with Crippen molar-refractivity contribution in [2.45, 2.75) is 39.3 Å². The Hall–Kier alpha value is -0.930. The first-order valence-corrected chi connectivity index (χ1v) is 5.96. The fourth-order valence-electron chi connectivity index (χ4n) is 1.71. The Morgan fingerprint density at radius 1 is 1.38 bits per heavy atom. The quantitative estimate of drug-likeness (QED) is 0.775. The summed E-state index contributed by atoms with van der Waals surface area (Å²) in [5.41, 5.74) is 1.05. The summed E-state index contributed by atoms with van der Waals surface area (Å²) in [6.07, 6.45) is 2.78. The number of pyridine rings is 1. The van der Waals surface area contributed by atoms with E-state index in [4.69, 9.17) is 0 Å². The van der Waals surface area contributed by atoms with Gasteiger partial charge in [0.05, 0.1) is 12.3 Å². The van der Waals surface area contributed by atoms with Crippen molar-refractivity contribution in [3.8, 4) is 0 Å². The molecular weight excluding hydrogens is 200 g/mol. The molecule has 0 fully saturated rings. The van der Waals surface area contributed by atoms with Gasteiger partial charge in [0.25, 0.3) is 0 Å². The van der Waals surface area contributed by atoms with E-state index < -0.39 is 0 Å². The molecule has 0 spiro atoms. The van der Waals surface area contributed by atoms with Gasteiger partial charge in [-0.1, -0.05) is 26.8 Å². The molecule has 3 heteroatoms. The summed E-state index contributed by atoms with van der Waals surface area (Å²) >= 11 is 0. The lowest BCUT2D eigenvalue weighted by molar-refractivity contribution is 0.197. The highest BCUT2D eigenvalue weighted by Crippen LogP contribution is 2.16. The lowest BCUT2D eigenvalue weighted by Crippen LogP contribution is -2.39. The van der Waals surface area contributed by atoms with Crippen molar-refractivity contribution in [3.63, 3.8) is 0 Å². The van der Waals surface area contributed by atoms with Gasteiger partial charge in [-0.15, -0.1) is 0 Å². The van der Waals surface area contributed by atoms with Crippen molar-refractivity contribution < 1.29 is 5.11 Å². The first kappa shape index (κ1) is 13.1. The van der Waals surface area contributed by atoms with Crippen LogP contribution in [0.4, 0.5) is 0 Å². The van der Waals surface area contributed by atoms with Crippen LogP contribution < -0.4 is 5.32 Å². The second kappa shape index (κ2) is 6.61. The van der Waals surface area contributed by atoms with Gasteiger partial charge in [0.15, 0.2) is 0 Å². The maximum Gasteiger partial charge on any atom is 0.0587 e. The van der Waals surface area contributed by atoms with Crippen LogP contribution in [0, 0.1) is 5.92 Å². The van der Waals surface area contributed by atoms with Gasteiger partial charge in [-0.25, -0.2) is 0 Å². The fraction of sp³-hybridized carbons (Fsp3) is 0.615. The van der Waals surface area contributed by atoms with E-state index in [2.05, 4.69) is 31.1 Å². The summed E-state index contributed by atoms with van der Waals surface area (Å²) in [5.74, 6) is 0.419. The molecule has 0 aliphatic heterocycles. The average Bonchev–Trinajstić information content (AvgIpc) is 2.31. The van der Waals surface area contributed by atoms with Crippen LogP contribution in [0.15, 0.2) is 24.4 Å². The lowest BCUT2D eigenvalue weighted by atomic mass is 10.0. The number of aliphatic hydroxyl groups is 1. The van der Waals surface area contributed by atoms with Gasteiger partial charge in [0, 0.05) is 18.3 Å². The molecule has 1 rings (SSSR count). The molecule has 2 atom stereocenters. The summed E-state index contributed by atoms with van der Waals surface area (Å²) in [6.45, 7) is 6.51. The summed E-state index contributed by atoms with van der Waals surface area (Å²) in [4.78, 5) is 4.35. The van der Waals surface area contributed by atoms with E-state index in [1.54, 1.807) is 0 Å².